The number of aliphatic hydroxyl groups is 1. The molecule has 0 fully saturated rings. The minimum atomic E-state index is -0.582. The number of aliphatic hydroxyl groups excluding tert-OH is 1. The smallest absolute Gasteiger partial charge is 0.319 e. The van der Waals surface area contributed by atoms with E-state index in [1.165, 1.54) is 32.7 Å². The van der Waals surface area contributed by atoms with Gasteiger partial charge in [-0.25, -0.2) is 4.79 Å². The van der Waals surface area contributed by atoms with Crippen LogP contribution in [0.15, 0.2) is 29.6 Å². The summed E-state index contributed by atoms with van der Waals surface area (Å²) in [7, 11) is 4.53. The average Bonchev–Trinajstić information content (AvgIpc) is 3.15. The Hall–Kier alpha value is -2.45. The van der Waals surface area contributed by atoms with Crippen molar-refractivity contribution in [2.24, 2.45) is 0 Å². The fraction of sp³-hybridized carbons (Fsp3) is 0.353. The van der Waals surface area contributed by atoms with E-state index in [1.54, 1.807) is 12.1 Å². The average molecular weight is 366 g/mol. The summed E-state index contributed by atoms with van der Waals surface area (Å²) in [6, 6.07) is 6.65. The second-order valence-electron chi connectivity index (χ2n) is 5.11. The maximum Gasteiger partial charge on any atom is 0.319 e. The van der Waals surface area contributed by atoms with E-state index < -0.39 is 6.10 Å². The lowest BCUT2D eigenvalue weighted by Crippen LogP contribution is -2.30. The number of carbonyl (C=O) groups excluding carboxylic acids is 1. The Bertz CT molecular complexity index is 665. The molecule has 0 aliphatic heterocycles. The third-order valence-corrected chi connectivity index (χ3v) is 4.47. The SMILES string of the molecule is COc1cc(NC(=O)NCCC(O)c2cccs2)cc(OC)c1OC. The molecule has 0 aliphatic rings. The van der Waals surface area contributed by atoms with Crippen molar-refractivity contribution in [1.29, 1.82) is 0 Å². The molecular formula is C17H22N2O5S. The predicted molar refractivity (Wildman–Crippen MR) is 97.0 cm³/mol. The van der Waals surface area contributed by atoms with Gasteiger partial charge >= 0.3 is 6.03 Å². The van der Waals surface area contributed by atoms with E-state index >= 15 is 0 Å². The van der Waals surface area contributed by atoms with Crippen LogP contribution in [-0.2, 0) is 0 Å². The first-order valence-electron chi connectivity index (χ1n) is 7.65. The van der Waals surface area contributed by atoms with Crippen molar-refractivity contribution >= 4 is 23.1 Å². The summed E-state index contributed by atoms with van der Waals surface area (Å²) in [5, 5.41) is 17.3. The van der Waals surface area contributed by atoms with Crippen molar-refractivity contribution < 1.29 is 24.1 Å². The number of nitrogens with one attached hydrogen (secondary N) is 2. The van der Waals surface area contributed by atoms with Crippen molar-refractivity contribution in [3.8, 4) is 17.2 Å². The van der Waals surface area contributed by atoms with E-state index in [1.807, 2.05) is 17.5 Å². The highest BCUT2D eigenvalue weighted by Gasteiger charge is 2.15. The molecule has 0 saturated heterocycles. The minimum absolute atomic E-state index is 0.343. The molecule has 1 aromatic carbocycles. The lowest BCUT2D eigenvalue weighted by Gasteiger charge is -2.15. The largest absolute Gasteiger partial charge is 0.493 e. The first-order valence-corrected chi connectivity index (χ1v) is 8.53. The van der Waals surface area contributed by atoms with Crippen LogP contribution >= 0.6 is 11.3 Å². The number of ether oxygens (including phenoxy) is 3. The van der Waals surface area contributed by atoms with Crippen LogP contribution in [0.25, 0.3) is 0 Å². The highest BCUT2D eigenvalue weighted by Crippen LogP contribution is 2.39. The van der Waals surface area contributed by atoms with Crippen molar-refractivity contribution in [3.05, 3.63) is 34.5 Å². The quantitative estimate of drug-likeness (QED) is 0.668. The number of hydrogen-bond acceptors (Lipinski definition) is 6. The van der Waals surface area contributed by atoms with E-state index in [0.717, 1.165) is 4.88 Å². The molecule has 3 N–H and O–H groups in total. The number of rotatable bonds is 8. The Kier molecular flexibility index (Phi) is 6.91. The van der Waals surface area contributed by atoms with Crippen molar-refractivity contribution in [1.82, 2.24) is 5.32 Å². The Morgan fingerprint density at radius 1 is 1.20 bits per heavy atom. The molecule has 0 radical (unpaired) electrons. The maximum absolute atomic E-state index is 12.0. The molecule has 1 atom stereocenters. The molecule has 1 heterocycles. The van der Waals surface area contributed by atoms with E-state index in [-0.39, 0.29) is 6.03 Å². The van der Waals surface area contributed by atoms with Crippen LogP contribution in [0, 0.1) is 0 Å². The normalized spacial score (nSPS) is 11.5. The molecule has 0 saturated carbocycles. The number of thiophene rings is 1. The number of amides is 2. The number of anilines is 1. The summed E-state index contributed by atoms with van der Waals surface area (Å²) in [5.74, 6) is 1.35. The zero-order valence-corrected chi connectivity index (χ0v) is 15.2. The molecule has 25 heavy (non-hydrogen) atoms. The molecule has 0 aliphatic carbocycles. The molecule has 2 rings (SSSR count). The standard InChI is InChI=1S/C17H22N2O5S/c1-22-13-9-11(10-14(23-2)16(13)24-3)19-17(21)18-7-6-12(20)15-5-4-8-25-15/h4-5,8-10,12,20H,6-7H2,1-3H3,(H2,18,19,21). The third-order valence-electron chi connectivity index (χ3n) is 3.50. The van der Waals surface area contributed by atoms with E-state index in [0.29, 0.717) is 35.9 Å². The summed E-state index contributed by atoms with van der Waals surface area (Å²) in [6.07, 6.45) is -0.148. The van der Waals surface area contributed by atoms with E-state index in [4.69, 9.17) is 14.2 Å². The van der Waals surface area contributed by atoms with Gasteiger partial charge in [0.25, 0.3) is 0 Å². The lowest BCUT2D eigenvalue weighted by atomic mass is 10.2. The number of carbonyl (C=O) groups is 1. The van der Waals surface area contributed by atoms with Crippen LogP contribution < -0.4 is 24.8 Å². The molecule has 7 nitrogen and oxygen atoms in total. The van der Waals surface area contributed by atoms with Crippen LogP contribution in [0.4, 0.5) is 10.5 Å². The zero-order valence-electron chi connectivity index (χ0n) is 14.4. The van der Waals surface area contributed by atoms with Gasteiger partial charge in [0, 0.05) is 23.6 Å². The van der Waals surface area contributed by atoms with Gasteiger partial charge in [0.15, 0.2) is 11.5 Å². The molecule has 8 heteroatoms. The van der Waals surface area contributed by atoms with Crippen molar-refractivity contribution in [2.45, 2.75) is 12.5 Å². The van der Waals surface area contributed by atoms with Gasteiger partial charge in [-0.05, 0) is 17.9 Å². The summed E-state index contributed by atoms with van der Waals surface area (Å²) >= 11 is 1.49. The van der Waals surface area contributed by atoms with Gasteiger partial charge in [-0.15, -0.1) is 11.3 Å². The molecular weight excluding hydrogens is 344 g/mol. The minimum Gasteiger partial charge on any atom is -0.493 e. The number of benzene rings is 1. The highest BCUT2D eigenvalue weighted by molar-refractivity contribution is 7.10. The Labute approximate surface area is 150 Å². The second-order valence-corrected chi connectivity index (χ2v) is 6.09. The van der Waals surface area contributed by atoms with Gasteiger partial charge in [-0.3, -0.25) is 0 Å². The van der Waals surface area contributed by atoms with Gasteiger partial charge in [-0.2, -0.15) is 0 Å². The van der Waals surface area contributed by atoms with Gasteiger partial charge < -0.3 is 30.0 Å². The second kappa shape index (κ2) is 9.14. The molecule has 2 amide bonds. The van der Waals surface area contributed by atoms with E-state index in [9.17, 15) is 9.90 Å². The molecule has 1 unspecified atom stereocenters. The Balaban J connectivity index is 1.91. The third kappa shape index (κ3) is 5.01. The molecule has 1 aromatic heterocycles. The Morgan fingerprint density at radius 2 is 1.88 bits per heavy atom. The fourth-order valence-corrected chi connectivity index (χ4v) is 3.02. The van der Waals surface area contributed by atoms with Crippen molar-refractivity contribution in [2.75, 3.05) is 33.2 Å². The van der Waals surface area contributed by atoms with Gasteiger partial charge in [0.1, 0.15) is 0 Å². The summed E-state index contributed by atoms with van der Waals surface area (Å²) in [4.78, 5) is 12.9. The van der Waals surface area contributed by atoms with Gasteiger partial charge in [0.2, 0.25) is 5.75 Å². The molecule has 136 valence electrons. The van der Waals surface area contributed by atoms with E-state index in [2.05, 4.69) is 10.6 Å². The number of urea groups is 1. The molecule has 2 aromatic rings. The van der Waals surface area contributed by atoms with Crippen molar-refractivity contribution in [3.63, 3.8) is 0 Å². The van der Waals surface area contributed by atoms with Crippen LogP contribution in [0.5, 0.6) is 17.2 Å². The van der Waals surface area contributed by atoms with Gasteiger partial charge in [0.05, 0.1) is 33.1 Å². The monoisotopic (exact) mass is 366 g/mol. The molecule has 0 bridgehead atoms. The molecule has 0 spiro atoms. The topological polar surface area (TPSA) is 89.1 Å². The summed E-state index contributed by atoms with van der Waals surface area (Å²) < 4.78 is 15.7. The fourth-order valence-electron chi connectivity index (χ4n) is 2.27. The summed E-state index contributed by atoms with van der Waals surface area (Å²) in [5.41, 5.74) is 0.505. The number of hydrogen-bond donors (Lipinski definition) is 3. The zero-order chi connectivity index (χ0) is 18.2. The van der Waals surface area contributed by atoms with Crippen LogP contribution in [-0.4, -0.2) is 39.0 Å². The Morgan fingerprint density at radius 3 is 2.40 bits per heavy atom. The van der Waals surface area contributed by atoms with Gasteiger partial charge in [-0.1, -0.05) is 6.07 Å². The van der Waals surface area contributed by atoms with Crippen LogP contribution in [0.2, 0.25) is 0 Å². The van der Waals surface area contributed by atoms with Crippen LogP contribution in [0.3, 0.4) is 0 Å². The lowest BCUT2D eigenvalue weighted by molar-refractivity contribution is 0.171. The summed E-state index contributed by atoms with van der Waals surface area (Å²) in [6.45, 7) is 0.343. The number of methoxy groups -OCH3 is 3. The predicted octanol–water partition coefficient (Wildman–Crippen LogP) is 3.02. The first-order chi connectivity index (χ1) is 12.1. The highest BCUT2D eigenvalue weighted by atomic mass is 32.1. The maximum atomic E-state index is 12.0. The first kappa shape index (κ1) is 18.9. The van der Waals surface area contributed by atoms with Crippen LogP contribution in [0.1, 0.15) is 17.4 Å².